The number of nitrogens with zero attached hydrogens (tertiary/aromatic N) is 1. The van der Waals surface area contributed by atoms with Crippen molar-refractivity contribution in [1.82, 2.24) is 9.55 Å². The molecule has 0 saturated carbocycles. The Bertz CT molecular complexity index is 893. The summed E-state index contributed by atoms with van der Waals surface area (Å²) in [7, 11) is 1.32. The van der Waals surface area contributed by atoms with Crippen molar-refractivity contribution in [2.24, 2.45) is 0 Å². The van der Waals surface area contributed by atoms with Crippen LogP contribution in [0.4, 0.5) is 0 Å². The van der Waals surface area contributed by atoms with Gasteiger partial charge in [-0.1, -0.05) is 0 Å². The van der Waals surface area contributed by atoms with Crippen molar-refractivity contribution in [2.45, 2.75) is 26.8 Å². The maximum Gasteiger partial charge on any atom is 0.344 e. The van der Waals surface area contributed by atoms with E-state index in [0.29, 0.717) is 17.8 Å². The van der Waals surface area contributed by atoms with Gasteiger partial charge in [-0.2, -0.15) is 0 Å². The van der Waals surface area contributed by atoms with E-state index in [1.165, 1.54) is 25.4 Å². The molecule has 8 nitrogen and oxygen atoms in total. The molecule has 0 fully saturated rings. The number of hydrogen-bond acceptors (Lipinski definition) is 6. The fourth-order valence-electron chi connectivity index (χ4n) is 2.60. The molecular weight excluding hydrogens is 340 g/mol. The van der Waals surface area contributed by atoms with E-state index in [2.05, 4.69) is 9.72 Å². The van der Waals surface area contributed by atoms with Gasteiger partial charge in [-0.15, -0.1) is 0 Å². The van der Waals surface area contributed by atoms with Crippen LogP contribution in [-0.4, -0.2) is 41.0 Å². The zero-order valence-corrected chi connectivity index (χ0v) is 14.8. The van der Waals surface area contributed by atoms with Crippen LogP contribution < -0.4 is 5.56 Å². The SMILES string of the molecule is COC(=O)CCn1c(C)cc(C(=O)COC(=O)c2ccc[nH]c2=O)c1C. The Kier molecular flexibility index (Phi) is 6.11. The van der Waals surface area contributed by atoms with E-state index in [0.717, 1.165) is 5.69 Å². The number of ether oxygens (including phenoxy) is 2. The number of methoxy groups -OCH3 is 1. The zero-order chi connectivity index (χ0) is 19.3. The summed E-state index contributed by atoms with van der Waals surface area (Å²) in [5.74, 6) is -1.59. The second kappa shape index (κ2) is 8.28. The minimum absolute atomic E-state index is 0.163. The summed E-state index contributed by atoms with van der Waals surface area (Å²) in [6.07, 6.45) is 1.58. The summed E-state index contributed by atoms with van der Waals surface area (Å²) in [6, 6.07) is 4.50. The van der Waals surface area contributed by atoms with E-state index in [1.807, 2.05) is 11.5 Å². The first-order valence-corrected chi connectivity index (χ1v) is 7.96. The maximum absolute atomic E-state index is 12.4. The number of carbonyl (C=O) groups excluding carboxylic acids is 3. The number of ketones is 1. The van der Waals surface area contributed by atoms with Crippen LogP contribution in [0.3, 0.4) is 0 Å². The largest absolute Gasteiger partial charge is 0.469 e. The maximum atomic E-state index is 12.4. The van der Waals surface area contributed by atoms with Gasteiger partial charge >= 0.3 is 11.9 Å². The summed E-state index contributed by atoms with van der Waals surface area (Å²) >= 11 is 0. The fourth-order valence-corrected chi connectivity index (χ4v) is 2.60. The van der Waals surface area contributed by atoms with E-state index in [4.69, 9.17) is 4.74 Å². The minimum Gasteiger partial charge on any atom is -0.469 e. The summed E-state index contributed by atoms with van der Waals surface area (Å²) in [4.78, 5) is 49.5. The molecule has 0 atom stereocenters. The van der Waals surface area contributed by atoms with Gasteiger partial charge in [0.15, 0.2) is 6.61 Å². The van der Waals surface area contributed by atoms with Crippen LogP contribution in [0.5, 0.6) is 0 Å². The topological polar surface area (TPSA) is 107 Å². The van der Waals surface area contributed by atoms with Gasteiger partial charge in [0.2, 0.25) is 5.78 Å². The highest BCUT2D eigenvalue weighted by atomic mass is 16.5. The van der Waals surface area contributed by atoms with Crippen molar-refractivity contribution in [1.29, 1.82) is 0 Å². The van der Waals surface area contributed by atoms with Crippen LogP contribution in [0.15, 0.2) is 29.2 Å². The standard InChI is InChI=1S/C18H20N2O6/c1-11-9-14(12(2)20(11)8-6-16(22)25-3)15(21)10-26-18(24)13-5-4-7-19-17(13)23/h4-5,7,9H,6,8,10H2,1-3H3,(H,19,23). The van der Waals surface area contributed by atoms with Crippen molar-refractivity contribution in [3.8, 4) is 0 Å². The molecule has 26 heavy (non-hydrogen) atoms. The molecule has 0 aliphatic rings. The number of aromatic nitrogens is 2. The lowest BCUT2D eigenvalue weighted by Gasteiger charge is -2.09. The number of carbonyl (C=O) groups is 3. The van der Waals surface area contributed by atoms with Gasteiger partial charge in [0.1, 0.15) is 5.56 Å². The molecule has 0 bridgehead atoms. The number of hydrogen-bond donors (Lipinski definition) is 1. The molecule has 0 unspecified atom stereocenters. The van der Waals surface area contributed by atoms with Crippen molar-refractivity contribution in [2.75, 3.05) is 13.7 Å². The number of esters is 2. The average molecular weight is 360 g/mol. The third-order valence-corrected chi connectivity index (χ3v) is 4.01. The summed E-state index contributed by atoms with van der Waals surface area (Å²) in [5.41, 5.74) is 1.14. The van der Waals surface area contributed by atoms with Crippen LogP contribution >= 0.6 is 0 Å². The first-order chi connectivity index (χ1) is 12.3. The van der Waals surface area contributed by atoms with Gasteiger partial charge in [0.25, 0.3) is 5.56 Å². The highest BCUT2D eigenvalue weighted by Crippen LogP contribution is 2.17. The molecule has 1 N–H and O–H groups in total. The Morgan fingerprint density at radius 1 is 1.19 bits per heavy atom. The van der Waals surface area contributed by atoms with Crippen LogP contribution in [0.1, 0.15) is 38.5 Å². The van der Waals surface area contributed by atoms with Crippen molar-refractivity contribution >= 4 is 17.7 Å². The van der Waals surface area contributed by atoms with Gasteiger partial charge in [-0.3, -0.25) is 14.4 Å². The molecule has 2 rings (SSSR count). The second-order valence-electron chi connectivity index (χ2n) is 5.67. The number of H-pyrrole nitrogens is 1. The molecule has 0 radical (unpaired) electrons. The first kappa shape index (κ1) is 19.2. The van der Waals surface area contributed by atoms with Crippen LogP contribution in [0, 0.1) is 13.8 Å². The second-order valence-corrected chi connectivity index (χ2v) is 5.67. The number of pyridine rings is 1. The predicted molar refractivity (Wildman–Crippen MR) is 92.2 cm³/mol. The summed E-state index contributed by atoms with van der Waals surface area (Å²) in [6.45, 7) is 3.48. The monoisotopic (exact) mass is 360 g/mol. The Morgan fingerprint density at radius 3 is 2.58 bits per heavy atom. The smallest absolute Gasteiger partial charge is 0.344 e. The molecule has 2 aromatic rings. The van der Waals surface area contributed by atoms with Crippen molar-refractivity contribution < 1.29 is 23.9 Å². The van der Waals surface area contributed by atoms with Gasteiger partial charge in [0.05, 0.1) is 13.5 Å². The zero-order valence-electron chi connectivity index (χ0n) is 14.8. The van der Waals surface area contributed by atoms with Gasteiger partial charge < -0.3 is 19.0 Å². The quantitative estimate of drug-likeness (QED) is 0.591. The van der Waals surface area contributed by atoms with Crippen molar-refractivity contribution in [3.05, 3.63) is 57.3 Å². The molecule has 0 aromatic carbocycles. The third kappa shape index (κ3) is 4.27. The normalized spacial score (nSPS) is 10.4. The molecule has 2 heterocycles. The van der Waals surface area contributed by atoms with E-state index >= 15 is 0 Å². The summed E-state index contributed by atoms with van der Waals surface area (Å²) in [5, 5.41) is 0. The lowest BCUT2D eigenvalue weighted by molar-refractivity contribution is -0.140. The number of Topliss-reactive ketones (excluding diaryl/α,β-unsaturated/α-hetero) is 1. The third-order valence-electron chi connectivity index (χ3n) is 4.01. The molecule has 0 spiro atoms. The Morgan fingerprint density at radius 2 is 1.92 bits per heavy atom. The number of nitrogens with one attached hydrogen (secondary N) is 1. The predicted octanol–water partition coefficient (Wildman–Crippen LogP) is 1.40. The average Bonchev–Trinajstić information content (AvgIpc) is 2.91. The molecule has 0 amide bonds. The lowest BCUT2D eigenvalue weighted by atomic mass is 10.1. The van der Waals surface area contributed by atoms with E-state index < -0.39 is 18.1 Å². The Hall–Kier alpha value is -3.16. The van der Waals surface area contributed by atoms with Crippen molar-refractivity contribution in [3.63, 3.8) is 0 Å². The molecule has 0 aliphatic heterocycles. The molecule has 0 saturated heterocycles. The Labute approximate surface area is 149 Å². The number of aromatic amines is 1. The summed E-state index contributed by atoms with van der Waals surface area (Å²) < 4.78 is 11.4. The van der Waals surface area contributed by atoms with Gasteiger partial charge in [-0.05, 0) is 32.0 Å². The number of rotatable bonds is 7. The van der Waals surface area contributed by atoms with Crippen LogP contribution in [-0.2, 0) is 20.8 Å². The molecule has 2 aromatic heterocycles. The molecular formula is C18H20N2O6. The first-order valence-electron chi connectivity index (χ1n) is 7.96. The lowest BCUT2D eigenvalue weighted by Crippen LogP contribution is -2.21. The number of aryl methyl sites for hydroxylation is 1. The highest BCUT2D eigenvalue weighted by molar-refractivity contribution is 6.00. The minimum atomic E-state index is -0.861. The van der Waals surface area contributed by atoms with Crippen LogP contribution in [0.25, 0.3) is 0 Å². The van der Waals surface area contributed by atoms with Gasteiger partial charge in [-0.25, -0.2) is 4.79 Å². The van der Waals surface area contributed by atoms with Gasteiger partial charge in [0, 0.05) is 29.7 Å². The molecule has 138 valence electrons. The fraction of sp³-hybridized carbons (Fsp3) is 0.333. The van der Waals surface area contributed by atoms with Crippen LogP contribution in [0.2, 0.25) is 0 Å². The van der Waals surface area contributed by atoms with E-state index in [1.54, 1.807) is 13.0 Å². The molecule has 0 aliphatic carbocycles. The highest BCUT2D eigenvalue weighted by Gasteiger charge is 2.19. The van der Waals surface area contributed by atoms with E-state index in [9.17, 15) is 19.2 Å². The Balaban J connectivity index is 2.06. The van der Waals surface area contributed by atoms with E-state index in [-0.39, 0.29) is 23.7 Å². The molecule has 8 heteroatoms.